The van der Waals surface area contributed by atoms with Crippen molar-refractivity contribution >= 4 is 23.4 Å². The molecule has 0 bridgehead atoms. The Hall–Kier alpha value is -3.30. The summed E-state index contributed by atoms with van der Waals surface area (Å²) in [7, 11) is 1.50. The van der Waals surface area contributed by atoms with Crippen molar-refractivity contribution in [2.24, 2.45) is 11.8 Å². The SMILES string of the molecule is COCC(=O)N1CC[C@@H](CN2CCC[C@@H](Cc3ccc(F)cc3)C2)[C@@H](NC(=O)Nc2cccc(C(C)=O)c2)C1. The van der Waals surface area contributed by atoms with Gasteiger partial charge in [0.2, 0.25) is 5.91 Å². The zero-order valence-electron chi connectivity index (χ0n) is 22.8. The third kappa shape index (κ3) is 8.34. The van der Waals surface area contributed by atoms with Crippen molar-refractivity contribution in [3.8, 4) is 0 Å². The molecule has 0 spiro atoms. The number of halogens is 1. The predicted molar refractivity (Wildman–Crippen MR) is 148 cm³/mol. The van der Waals surface area contributed by atoms with E-state index in [1.54, 1.807) is 29.2 Å². The summed E-state index contributed by atoms with van der Waals surface area (Å²) in [5.74, 6) is 0.299. The maximum atomic E-state index is 13.3. The molecule has 2 saturated heterocycles. The van der Waals surface area contributed by atoms with Crippen LogP contribution in [0, 0.1) is 17.7 Å². The second kappa shape index (κ2) is 13.7. The normalized spacial score (nSPS) is 21.8. The van der Waals surface area contributed by atoms with Gasteiger partial charge < -0.3 is 25.2 Å². The monoisotopic (exact) mass is 538 g/mol. The molecule has 2 aliphatic rings. The van der Waals surface area contributed by atoms with Crippen LogP contribution in [0.25, 0.3) is 0 Å². The van der Waals surface area contributed by atoms with Crippen LogP contribution in [0.15, 0.2) is 48.5 Å². The number of urea groups is 1. The number of carbonyl (C=O) groups excluding carboxylic acids is 3. The molecule has 2 aromatic rings. The largest absolute Gasteiger partial charge is 0.375 e. The van der Waals surface area contributed by atoms with Crippen molar-refractivity contribution < 1.29 is 23.5 Å². The van der Waals surface area contributed by atoms with E-state index in [0.717, 1.165) is 50.9 Å². The standard InChI is InChI=1S/C30H39FN4O4/c1-21(36)24-6-3-7-27(16-24)32-30(38)33-28-19-35(29(37)20-39-2)14-12-25(28)18-34-13-4-5-23(17-34)15-22-8-10-26(31)11-9-22/h3,6-11,16,23,25,28H,4-5,12-15,17-20H2,1-2H3,(H2,32,33,38)/t23-,25-,28-/m0/s1. The lowest BCUT2D eigenvalue weighted by Crippen LogP contribution is -2.57. The molecule has 0 aromatic heterocycles. The summed E-state index contributed by atoms with van der Waals surface area (Å²) in [4.78, 5) is 41.5. The van der Waals surface area contributed by atoms with Crippen molar-refractivity contribution in [1.29, 1.82) is 0 Å². The van der Waals surface area contributed by atoms with Gasteiger partial charge in [0, 0.05) is 44.5 Å². The van der Waals surface area contributed by atoms with Gasteiger partial charge in [-0.3, -0.25) is 9.59 Å². The number of amides is 3. The number of nitrogens with zero attached hydrogens (tertiary/aromatic N) is 2. The van der Waals surface area contributed by atoms with E-state index >= 15 is 0 Å². The van der Waals surface area contributed by atoms with Gasteiger partial charge in [-0.05, 0) is 80.8 Å². The van der Waals surface area contributed by atoms with Gasteiger partial charge in [0.1, 0.15) is 12.4 Å². The molecule has 2 fully saturated rings. The number of Topliss-reactive ketones (excluding diaryl/α,β-unsaturated/α-hetero) is 1. The fourth-order valence-electron chi connectivity index (χ4n) is 5.74. The van der Waals surface area contributed by atoms with Crippen molar-refractivity contribution in [3.63, 3.8) is 0 Å². The van der Waals surface area contributed by atoms with Crippen LogP contribution in [-0.2, 0) is 16.0 Å². The Balaban J connectivity index is 1.39. The van der Waals surface area contributed by atoms with Crippen molar-refractivity contribution in [2.45, 2.75) is 38.6 Å². The Bertz CT molecular complexity index is 1140. The minimum atomic E-state index is -0.362. The minimum absolute atomic E-state index is 0.0125. The van der Waals surface area contributed by atoms with E-state index in [4.69, 9.17) is 4.74 Å². The summed E-state index contributed by atoms with van der Waals surface area (Å²) in [5, 5.41) is 5.95. The summed E-state index contributed by atoms with van der Waals surface area (Å²) in [6.07, 6.45) is 3.94. The second-order valence-corrected chi connectivity index (χ2v) is 10.8. The lowest BCUT2D eigenvalue weighted by Gasteiger charge is -2.42. The zero-order valence-corrected chi connectivity index (χ0v) is 22.8. The molecule has 9 heteroatoms. The van der Waals surface area contributed by atoms with E-state index in [9.17, 15) is 18.8 Å². The molecule has 2 aliphatic heterocycles. The molecular weight excluding hydrogens is 499 g/mol. The van der Waals surface area contributed by atoms with Crippen LogP contribution in [0.2, 0.25) is 0 Å². The summed E-state index contributed by atoms with van der Waals surface area (Å²) in [5.41, 5.74) is 2.22. The fraction of sp³-hybridized carbons (Fsp3) is 0.500. The van der Waals surface area contributed by atoms with Gasteiger partial charge in [-0.1, -0.05) is 24.3 Å². The molecule has 8 nitrogen and oxygen atoms in total. The predicted octanol–water partition coefficient (Wildman–Crippen LogP) is 3.97. The Morgan fingerprint density at radius 3 is 2.59 bits per heavy atom. The van der Waals surface area contributed by atoms with Gasteiger partial charge in [0.05, 0.1) is 6.04 Å². The van der Waals surface area contributed by atoms with Crippen molar-refractivity contribution in [3.05, 3.63) is 65.5 Å². The first-order valence-corrected chi connectivity index (χ1v) is 13.7. The highest BCUT2D eigenvalue weighted by atomic mass is 19.1. The smallest absolute Gasteiger partial charge is 0.319 e. The van der Waals surface area contributed by atoms with Gasteiger partial charge in [-0.25, -0.2) is 9.18 Å². The average molecular weight is 539 g/mol. The fourth-order valence-corrected chi connectivity index (χ4v) is 5.74. The Morgan fingerprint density at radius 1 is 1.05 bits per heavy atom. The maximum Gasteiger partial charge on any atom is 0.319 e. The quantitative estimate of drug-likeness (QED) is 0.472. The molecule has 0 unspecified atom stereocenters. The van der Waals surface area contributed by atoms with Crippen LogP contribution in [0.4, 0.5) is 14.9 Å². The summed E-state index contributed by atoms with van der Waals surface area (Å²) in [6, 6.07) is 13.0. The minimum Gasteiger partial charge on any atom is -0.375 e. The van der Waals surface area contributed by atoms with E-state index < -0.39 is 0 Å². The van der Waals surface area contributed by atoms with Crippen LogP contribution in [0.5, 0.6) is 0 Å². The molecule has 0 aliphatic carbocycles. The molecule has 4 rings (SSSR count). The molecule has 3 atom stereocenters. The van der Waals surface area contributed by atoms with Crippen LogP contribution >= 0.6 is 0 Å². The lowest BCUT2D eigenvalue weighted by atomic mass is 9.87. The number of nitrogens with one attached hydrogen (secondary N) is 2. The number of carbonyl (C=O) groups is 3. The van der Waals surface area contributed by atoms with Crippen LogP contribution in [0.3, 0.4) is 0 Å². The van der Waals surface area contributed by atoms with Gasteiger partial charge in [-0.15, -0.1) is 0 Å². The zero-order chi connectivity index (χ0) is 27.8. The highest BCUT2D eigenvalue weighted by Gasteiger charge is 2.34. The number of ether oxygens (including phenoxy) is 1. The van der Waals surface area contributed by atoms with Gasteiger partial charge in [0.25, 0.3) is 0 Å². The molecule has 2 heterocycles. The van der Waals surface area contributed by atoms with Gasteiger partial charge in [-0.2, -0.15) is 0 Å². The van der Waals surface area contributed by atoms with E-state index in [0.29, 0.717) is 30.3 Å². The first-order valence-electron chi connectivity index (χ1n) is 13.7. The van der Waals surface area contributed by atoms with Gasteiger partial charge in [0.15, 0.2) is 5.78 Å². The number of likely N-dealkylation sites (tertiary alicyclic amines) is 2. The number of hydrogen-bond donors (Lipinski definition) is 2. The Morgan fingerprint density at radius 2 is 1.85 bits per heavy atom. The number of anilines is 1. The highest BCUT2D eigenvalue weighted by molar-refractivity contribution is 5.96. The van der Waals surface area contributed by atoms with Crippen molar-refractivity contribution in [1.82, 2.24) is 15.1 Å². The number of rotatable bonds is 9. The topological polar surface area (TPSA) is 91.0 Å². The first kappa shape index (κ1) is 28.7. The third-order valence-corrected chi connectivity index (χ3v) is 7.75. The molecule has 0 radical (unpaired) electrons. The van der Waals surface area contributed by atoms with Crippen LogP contribution < -0.4 is 10.6 Å². The number of ketones is 1. The van der Waals surface area contributed by atoms with Crippen molar-refractivity contribution in [2.75, 3.05) is 51.8 Å². The van der Waals surface area contributed by atoms with Crippen LogP contribution in [-0.4, -0.2) is 80.0 Å². The third-order valence-electron chi connectivity index (χ3n) is 7.75. The van der Waals surface area contributed by atoms with E-state index in [-0.39, 0.29) is 42.1 Å². The van der Waals surface area contributed by atoms with Crippen LogP contribution in [0.1, 0.15) is 42.1 Å². The molecule has 2 N–H and O–H groups in total. The summed E-state index contributed by atoms with van der Waals surface area (Å²) in [6.45, 7) is 5.33. The van der Waals surface area contributed by atoms with E-state index in [1.165, 1.54) is 26.2 Å². The molecule has 3 amide bonds. The van der Waals surface area contributed by atoms with Gasteiger partial charge >= 0.3 is 6.03 Å². The van der Waals surface area contributed by atoms with E-state index in [1.807, 2.05) is 12.1 Å². The Labute approximate surface area is 229 Å². The maximum absolute atomic E-state index is 13.3. The lowest BCUT2D eigenvalue weighted by molar-refractivity contribution is -0.137. The Kier molecular flexibility index (Phi) is 10.1. The molecular formula is C30H39FN4O4. The number of piperidine rings is 2. The molecule has 0 saturated carbocycles. The summed E-state index contributed by atoms with van der Waals surface area (Å²) >= 11 is 0. The number of hydrogen-bond acceptors (Lipinski definition) is 5. The first-order chi connectivity index (χ1) is 18.8. The summed E-state index contributed by atoms with van der Waals surface area (Å²) < 4.78 is 18.4. The molecule has 210 valence electrons. The van der Waals surface area contributed by atoms with E-state index in [2.05, 4.69) is 15.5 Å². The highest BCUT2D eigenvalue weighted by Crippen LogP contribution is 2.25. The number of methoxy groups -OCH3 is 1. The number of benzene rings is 2. The molecule has 2 aromatic carbocycles. The molecule has 39 heavy (non-hydrogen) atoms. The average Bonchev–Trinajstić information content (AvgIpc) is 2.91. The second-order valence-electron chi connectivity index (χ2n) is 10.8.